The highest BCUT2D eigenvalue weighted by molar-refractivity contribution is 5.92. The van der Waals surface area contributed by atoms with Crippen LogP contribution in [0, 0.1) is 22.7 Å². The van der Waals surface area contributed by atoms with E-state index >= 15 is 0 Å². The van der Waals surface area contributed by atoms with E-state index in [1.165, 1.54) is 5.57 Å². The molecule has 4 aliphatic carbocycles. The molecule has 0 aliphatic heterocycles. The van der Waals surface area contributed by atoms with Gasteiger partial charge in [0.25, 0.3) is 0 Å². The van der Waals surface area contributed by atoms with Crippen LogP contribution >= 0.6 is 0 Å². The molecule has 0 aromatic carbocycles. The van der Waals surface area contributed by atoms with Crippen LogP contribution < -0.4 is 0 Å². The zero-order chi connectivity index (χ0) is 15.8. The van der Waals surface area contributed by atoms with E-state index in [0.29, 0.717) is 25.2 Å². The smallest absolute Gasteiger partial charge is 0.155 e. The fourth-order valence-corrected chi connectivity index (χ4v) is 6.30. The maximum atomic E-state index is 12.4. The molecular formula is C19H26O3. The number of fused-ring (bicyclic) bond motifs is 5. The maximum Gasteiger partial charge on any atom is 0.155 e. The summed E-state index contributed by atoms with van der Waals surface area (Å²) in [6.07, 6.45) is 8.27. The first-order valence-electron chi connectivity index (χ1n) is 8.81. The zero-order valence-electron chi connectivity index (χ0n) is 13.7. The van der Waals surface area contributed by atoms with Crippen molar-refractivity contribution in [2.24, 2.45) is 22.7 Å². The maximum absolute atomic E-state index is 12.4. The van der Waals surface area contributed by atoms with Crippen molar-refractivity contribution in [3.63, 3.8) is 0 Å². The number of carbonyl (C=O) groups excluding carboxylic acids is 2. The molecule has 22 heavy (non-hydrogen) atoms. The van der Waals surface area contributed by atoms with Gasteiger partial charge in [-0.2, -0.15) is 0 Å². The van der Waals surface area contributed by atoms with Crippen LogP contribution in [0.25, 0.3) is 0 Å². The first-order valence-corrected chi connectivity index (χ1v) is 8.81. The lowest BCUT2D eigenvalue weighted by atomic mass is 9.46. The molecular weight excluding hydrogens is 276 g/mol. The fraction of sp³-hybridized carbons (Fsp3) is 0.789. The van der Waals surface area contributed by atoms with Gasteiger partial charge in [0.2, 0.25) is 0 Å². The molecule has 1 N–H and O–H groups in total. The number of Topliss-reactive ketones (excluding diaryl/α,β-unsaturated/α-hetero) is 1. The highest BCUT2D eigenvalue weighted by Gasteiger charge is 2.66. The highest BCUT2D eigenvalue weighted by Crippen LogP contribution is 2.65. The van der Waals surface area contributed by atoms with E-state index in [-0.39, 0.29) is 22.9 Å². The van der Waals surface area contributed by atoms with Crippen LogP contribution in [-0.4, -0.2) is 22.3 Å². The summed E-state index contributed by atoms with van der Waals surface area (Å²) >= 11 is 0. The van der Waals surface area contributed by atoms with E-state index in [4.69, 9.17) is 0 Å². The number of aliphatic hydroxyl groups is 1. The van der Waals surface area contributed by atoms with E-state index in [0.717, 1.165) is 32.1 Å². The van der Waals surface area contributed by atoms with Gasteiger partial charge in [-0.05, 0) is 68.8 Å². The molecule has 0 aromatic heterocycles. The number of allylic oxidation sites excluding steroid dienone is 1. The summed E-state index contributed by atoms with van der Waals surface area (Å²) in [7, 11) is 0. The summed E-state index contributed by atoms with van der Waals surface area (Å²) in [4.78, 5) is 24.2. The zero-order valence-corrected chi connectivity index (χ0v) is 13.7. The van der Waals surface area contributed by atoms with E-state index in [1.54, 1.807) is 0 Å². The molecule has 0 saturated heterocycles. The van der Waals surface area contributed by atoms with Crippen molar-refractivity contribution >= 4 is 11.6 Å². The van der Waals surface area contributed by atoms with Gasteiger partial charge in [0, 0.05) is 12.8 Å². The lowest BCUT2D eigenvalue weighted by Crippen LogP contribution is -2.60. The van der Waals surface area contributed by atoms with Gasteiger partial charge in [0.05, 0.1) is 11.0 Å². The van der Waals surface area contributed by atoms with Crippen molar-refractivity contribution in [1.29, 1.82) is 0 Å². The third-order valence-corrected chi connectivity index (χ3v) is 7.86. The summed E-state index contributed by atoms with van der Waals surface area (Å²) < 4.78 is 0. The van der Waals surface area contributed by atoms with Gasteiger partial charge >= 0.3 is 0 Å². The Hall–Kier alpha value is -0.960. The second-order valence-electron chi connectivity index (χ2n) is 8.52. The van der Waals surface area contributed by atoms with Crippen molar-refractivity contribution < 1.29 is 14.7 Å². The van der Waals surface area contributed by atoms with Crippen LogP contribution in [0.3, 0.4) is 0 Å². The monoisotopic (exact) mass is 302 g/mol. The van der Waals surface area contributed by atoms with Gasteiger partial charge in [-0.3, -0.25) is 9.59 Å². The molecule has 3 saturated carbocycles. The van der Waals surface area contributed by atoms with Crippen LogP contribution in [0.1, 0.15) is 65.2 Å². The molecule has 0 bridgehead atoms. The molecule has 3 heteroatoms. The standard InChI is InChI=1S/C19H26O3/c1-17-8-5-13(20)11-12(17)3-4-15-14(17)6-9-18(2)16(21)7-10-19(15,18)22/h11,14-15,22H,3-10H2,1-2H3/t14-,15-,17+,18-,19-/m1/s1. The second kappa shape index (κ2) is 4.31. The molecule has 4 rings (SSSR count). The highest BCUT2D eigenvalue weighted by atomic mass is 16.3. The molecule has 120 valence electrons. The van der Waals surface area contributed by atoms with E-state index in [9.17, 15) is 14.7 Å². The fourth-order valence-electron chi connectivity index (χ4n) is 6.30. The quantitative estimate of drug-likeness (QED) is 0.747. The van der Waals surface area contributed by atoms with Crippen molar-refractivity contribution in [1.82, 2.24) is 0 Å². The number of hydrogen-bond donors (Lipinski definition) is 1. The summed E-state index contributed by atoms with van der Waals surface area (Å²) in [5, 5.41) is 11.5. The molecule has 0 heterocycles. The van der Waals surface area contributed by atoms with Gasteiger partial charge in [0.1, 0.15) is 5.78 Å². The third-order valence-electron chi connectivity index (χ3n) is 7.86. The molecule has 0 radical (unpaired) electrons. The van der Waals surface area contributed by atoms with Crippen LogP contribution in [0.2, 0.25) is 0 Å². The largest absolute Gasteiger partial charge is 0.389 e. The first kappa shape index (κ1) is 14.6. The predicted octanol–water partition coefficient (Wildman–Crippen LogP) is 3.20. The summed E-state index contributed by atoms with van der Waals surface area (Å²) in [5.41, 5.74) is 0.0141. The predicted molar refractivity (Wildman–Crippen MR) is 83.2 cm³/mol. The van der Waals surface area contributed by atoms with Gasteiger partial charge < -0.3 is 5.11 Å². The summed E-state index contributed by atoms with van der Waals surface area (Å²) in [6, 6.07) is 0. The third kappa shape index (κ3) is 1.56. The van der Waals surface area contributed by atoms with Gasteiger partial charge in [-0.1, -0.05) is 12.5 Å². The van der Waals surface area contributed by atoms with Crippen LogP contribution in [-0.2, 0) is 9.59 Å². The van der Waals surface area contributed by atoms with Crippen LogP contribution in [0.4, 0.5) is 0 Å². The Kier molecular flexibility index (Phi) is 2.87. The summed E-state index contributed by atoms with van der Waals surface area (Å²) in [5.74, 6) is 1.16. The molecule has 3 nitrogen and oxygen atoms in total. The average molecular weight is 302 g/mol. The van der Waals surface area contributed by atoms with Gasteiger partial charge in [-0.15, -0.1) is 0 Å². The SMILES string of the molecule is C[C@]12CCC(=O)C=C1CC[C@@H]1[C@H]2CC[C@]2(C)C(=O)CC[C@@]12O. The Morgan fingerprint density at radius 3 is 2.55 bits per heavy atom. The van der Waals surface area contributed by atoms with E-state index < -0.39 is 11.0 Å². The molecule has 0 amide bonds. The van der Waals surface area contributed by atoms with Crippen molar-refractivity contribution in [3.05, 3.63) is 11.6 Å². The second-order valence-corrected chi connectivity index (χ2v) is 8.52. The normalized spacial score (nSPS) is 51.0. The Morgan fingerprint density at radius 2 is 1.77 bits per heavy atom. The Bertz CT molecular complexity index is 591. The van der Waals surface area contributed by atoms with Gasteiger partial charge in [-0.25, -0.2) is 0 Å². The number of carbonyl (C=O) groups is 2. The minimum Gasteiger partial charge on any atom is -0.389 e. The summed E-state index contributed by atoms with van der Waals surface area (Å²) in [6.45, 7) is 4.29. The average Bonchev–Trinajstić information content (AvgIpc) is 2.72. The van der Waals surface area contributed by atoms with E-state index in [1.807, 2.05) is 13.0 Å². The van der Waals surface area contributed by atoms with Crippen molar-refractivity contribution in [2.45, 2.75) is 70.8 Å². The Morgan fingerprint density at radius 1 is 1.00 bits per heavy atom. The number of ketones is 2. The Balaban J connectivity index is 1.76. The molecule has 0 aromatic rings. The lowest BCUT2D eigenvalue weighted by molar-refractivity contribution is -0.178. The Labute approximate surface area is 132 Å². The van der Waals surface area contributed by atoms with Crippen molar-refractivity contribution in [3.8, 4) is 0 Å². The molecule has 5 atom stereocenters. The van der Waals surface area contributed by atoms with Crippen LogP contribution in [0.5, 0.6) is 0 Å². The lowest BCUT2D eigenvalue weighted by Gasteiger charge is -2.60. The molecule has 3 fully saturated rings. The molecule has 0 spiro atoms. The number of rotatable bonds is 0. The molecule has 4 aliphatic rings. The van der Waals surface area contributed by atoms with Gasteiger partial charge in [0.15, 0.2) is 5.78 Å². The number of hydrogen-bond acceptors (Lipinski definition) is 3. The topological polar surface area (TPSA) is 54.4 Å². The first-order chi connectivity index (χ1) is 10.3. The van der Waals surface area contributed by atoms with E-state index in [2.05, 4.69) is 6.92 Å². The van der Waals surface area contributed by atoms with Crippen molar-refractivity contribution in [2.75, 3.05) is 0 Å². The van der Waals surface area contributed by atoms with Crippen LogP contribution in [0.15, 0.2) is 11.6 Å². The minimum atomic E-state index is -0.816. The molecule has 0 unspecified atom stereocenters. The minimum absolute atomic E-state index is 0.0551.